The molecule has 1 amide bonds. The molecule has 2 aliphatic carbocycles. The zero-order valence-corrected chi connectivity index (χ0v) is 13.4. The molecule has 1 saturated carbocycles. The molecule has 0 spiro atoms. The van der Waals surface area contributed by atoms with E-state index >= 15 is 0 Å². The van der Waals surface area contributed by atoms with Gasteiger partial charge in [-0.1, -0.05) is 12.2 Å². The van der Waals surface area contributed by atoms with Crippen molar-refractivity contribution < 1.29 is 24.5 Å². The standard InChI is InChI=1S/C18H21NO5/c1-2-24-14-6-5-13(8-12(14)9-20)19-17(21)15-10-3-4-11(7-10)16(15)18(22)23/h3-6,8,10-11,15-16,20H,2,7,9H2,1H3,(H,19,21)(H,22,23)/t10-,11-,15+,16+/m0/s1. The topological polar surface area (TPSA) is 95.9 Å². The Labute approximate surface area is 140 Å². The van der Waals surface area contributed by atoms with Crippen molar-refractivity contribution >= 4 is 17.6 Å². The summed E-state index contributed by atoms with van der Waals surface area (Å²) in [5, 5.41) is 21.7. The Morgan fingerprint density at radius 1 is 1.25 bits per heavy atom. The van der Waals surface area contributed by atoms with Crippen LogP contribution in [-0.4, -0.2) is 28.7 Å². The van der Waals surface area contributed by atoms with Crippen LogP contribution in [-0.2, 0) is 16.2 Å². The summed E-state index contributed by atoms with van der Waals surface area (Å²) >= 11 is 0. The third-order valence-electron chi connectivity index (χ3n) is 4.85. The second-order valence-corrected chi connectivity index (χ2v) is 6.24. The molecule has 1 fully saturated rings. The molecule has 3 rings (SSSR count). The minimum Gasteiger partial charge on any atom is -0.494 e. The lowest BCUT2D eigenvalue weighted by atomic mass is 9.82. The van der Waals surface area contributed by atoms with E-state index in [1.54, 1.807) is 18.2 Å². The SMILES string of the molecule is CCOc1ccc(NC(=O)[C@H]2[C@H](C(=O)O)[C@H]3C=C[C@H]2C3)cc1CO. The van der Waals surface area contributed by atoms with E-state index in [9.17, 15) is 19.8 Å². The van der Waals surface area contributed by atoms with Crippen LogP contribution in [0.2, 0.25) is 0 Å². The zero-order chi connectivity index (χ0) is 17.3. The highest BCUT2D eigenvalue weighted by atomic mass is 16.5. The number of aliphatic hydroxyl groups is 1. The Hall–Kier alpha value is -2.34. The van der Waals surface area contributed by atoms with Gasteiger partial charge in [-0.2, -0.15) is 0 Å². The van der Waals surface area contributed by atoms with Gasteiger partial charge in [-0.05, 0) is 43.4 Å². The molecule has 2 aliphatic rings. The van der Waals surface area contributed by atoms with E-state index in [0.717, 1.165) is 6.42 Å². The first-order chi connectivity index (χ1) is 11.5. The van der Waals surface area contributed by atoms with Crippen molar-refractivity contribution in [3.05, 3.63) is 35.9 Å². The number of anilines is 1. The number of hydrogen-bond donors (Lipinski definition) is 3. The van der Waals surface area contributed by atoms with Crippen molar-refractivity contribution in [2.24, 2.45) is 23.7 Å². The summed E-state index contributed by atoms with van der Waals surface area (Å²) in [6.07, 6.45) is 4.58. The second kappa shape index (κ2) is 6.65. The lowest BCUT2D eigenvalue weighted by Crippen LogP contribution is -2.36. The van der Waals surface area contributed by atoms with Crippen LogP contribution in [0.15, 0.2) is 30.4 Å². The minimum atomic E-state index is -0.922. The average Bonchev–Trinajstić information content (AvgIpc) is 3.17. The molecular formula is C18H21NO5. The quantitative estimate of drug-likeness (QED) is 0.693. The summed E-state index contributed by atoms with van der Waals surface area (Å²) in [4.78, 5) is 24.1. The number of carboxylic acids is 1. The zero-order valence-electron chi connectivity index (χ0n) is 13.4. The monoisotopic (exact) mass is 331 g/mol. The van der Waals surface area contributed by atoms with Crippen LogP contribution < -0.4 is 10.1 Å². The van der Waals surface area contributed by atoms with Crippen molar-refractivity contribution in [3.63, 3.8) is 0 Å². The molecule has 24 heavy (non-hydrogen) atoms. The van der Waals surface area contributed by atoms with Crippen LogP contribution >= 0.6 is 0 Å². The molecule has 2 bridgehead atoms. The number of fused-ring (bicyclic) bond motifs is 2. The number of hydrogen-bond acceptors (Lipinski definition) is 4. The van der Waals surface area contributed by atoms with E-state index in [1.807, 2.05) is 19.1 Å². The summed E-state index contributed by atoms with van der Waals surface area (Å²) in [6, 6.07) is 5.04. The number of benzene rings is 1. The van der Waals surface area contributed by atoms with Gasteiger partial charge < -0.3 is 20.3 Å². The summed E-state index contributed by atoms with van der Waals surface area (Å²) in [5.74, 6) is -1.93. The van der Waals surface area contributed by atoms with Crippen LogP contribution in [0, 0.1) is 23.7 Å². The number of amides is 1. The largest absolute Gasteiger partial charge is 0.494 e. The highest BCUT2D eigenvalue weighted by molar-refractivity contribution is 5.96. The van der Waals surface area contributed by atoms with Gasteiger partial charge in [0.05, 0.1) is 25.0 Å². The van der Waals surface area contributed by atoms with E-state index in [0.29, 0.717) is 23.6 Å². The van der Waals surface area contributed by atoms with Gasteiger partial charge in [0.1, 0.15) is 5.75 Å². The fourth-order valence-corrected chi connectivity index (χ4v) is 3.82. The molecule has 0 aromatic heterocycles. The van der Waals surface area contributed by atoms with Gasteiger partial charge in [-0.25, -0.2) is 0 Å². The summed E-state index contributed by atoms with van der Waals surface area (Å²) in [6.45, 7) is 2.13. The summed E-state index contributed by atoms with van der Waals surface area (Å²) in [5.41, 5.74) is 1.11. The van der Waals surface area contributed by atoms with Crippen LogP contribution in [0.25, 0.3) is 0 Å². The molecule has 0 heterocycles. The lowest BCUT2D eigenvalue weighted by molar-refractivity contribution is -0.146. The smallest absolute Gasteiger partial charge is 0.307 e. The Morgan fingerprint density at radius 2 is 1.96 bits per heavy atom. The fraction of sp³-hybridized carbons (Fsp3) is 0.444. The van der Waals surface area contributed by atoms with Crippen LogP contribution in [0.1, 0.15) is 18.9 Å². The van der Waals surface area contributed by atoms with Gasteiger partial charge in [-0.15, -0.1) is 0 Å². The molecule has 128 valence electrons. The molecule has 4 atom stereocenters. The first kappa shape index (κ1) is 16.5. The van der Waals surface area contributed by atoms with E-state index in [2.05, 4.69) is 5.32 Å². The van der Waals surface area contributed by atoms with Crippen molar-refractivity contribution in [1.29, 1.82) is 0 Å². The predicted octanol–water partition coefficient (Wildman–Crippen LogP) is 2.04. The molecule has 3 N–H and O–H groups in total. The number of carboxylic acid groups (broad SMARTS) is 1. The molecule has 1 aromatic rings. The maximum Gasteiger partial charge on any atom is 0.307 e. The molecule has 0 unspecified atom stereocenters. The van der Waals surface area contributed by atoms with Crippen molar-refractivity contribution in [1.82, 2.24) is 0 Å². The number of allylic oxidation sites excluding steroid dienone is 2. The van der Waals surface area contributed by atoms with Gasteiger partial charge in [0, 0.05) is 11.3 Å². The van der Waals surface area contributed by atoms with Gasteiger partial charge >= 0.3 is 5.97 Å². The third-order valence-corrected chi connectivity index (χ3v) is 4.85. The Balaban J connectivity index is 1.77. The Bertz CT molecular complexity index is 684. The molecule has 0 radical (unpaired) electrons. The third kappa shape index (κ3) is 2.89. The molecule has 6 heteroatoms. The first-order valence-electron chi connectivity index (χ1n) is 8.13. The first-order valence-corrected chi connectivity index (χ1v) is 8.13. The maximum absolute atomic E-state index is 12.6. The highest BCUT2D eigenvalue weighted by Crippen LogP contribution is 2.48. The number of nitrogens with one attached hydrogen (secondary N) is 1. The van der Waals surface area contributed by atoms with Gasteiger partial charge in [0.2, 0.25) is 5.91 Å². The fourth-order valence-electron chi connectivity index (χ4n) is 3.82. The van der Waals surface area contributed by atoms with E-state index < -0.39 is 17.8 Å². The number of aliphatic hydroxyl groups excluding tert-OH is 1. The highest BCUT2D eigenvalue weighted by Gasteiger charge is 2.51. The number of carbonyl (C=O) groups excluding carboxylic acids is 1. The predicted molar refractivity (Wildman–Crippen MR) is 87.5 cm³/mol. The second-order valence-electron chi connectivity index (χ2n) is 6.24. The van der Waals surface area contributed by atoms with Crippen molar-refractivity contribution in [3.8, 4) is 5.75 Å². The molecule has 0 saturated heterocycles. The number of aliphatic carboxylic acids is 1. The summed E-state index contributed by atoms with van der Waals surface area (Å²) in [7, 11) is 0. The van der Waals surface area contributed by atoms with Crippen molar-refractivity contribution in [2.75, 3.05) is 11.9 Å². The molecular weight excluding hydrogens is 310 g/mol. The Morgan fingerprint density at radius 3 is 2.58 bits per heavy atom. The lowest BCUT2D eigenvalue weighted by Gasteiger charge is -2.24. The number of carbonyl (C=O) groups is 2. The van der Waals surface area contributed by atoms with Crippen molar-refractivity contribution in [2.45, 2.75) is 20.0 Å². The van der Waals surface area contributed by atoms with Crippen LogP contribution in [0.5, 0.6) is 5.75 Å². The molecule has 0 aliphatic heterocycles. The van der Waals surface area contributed by atoms with E-state index in [-0.39, 0.29) is 24.3 Å². The maximum atomic E-state index is 12.6. The number of ether oxygens (including phenoxy) is 1. The van der Waals surface area contributed by atoms with E-state index in [1.165, 1.54) is 0 Å². The molecule has 6 nitrogen and oxygen atoms in total. The Kier molecular flexibility index (Phi) is 4.57. The van der Waals surface area contributed by atoms with Gasteiger partial charge in [-0.3, -0.25) is 9.59 Å². The summed E-state index contributed by atoms with van der Waals surface area (Å²) < 4.78 is 5.42. The average molecular weight is 331 g/mol. The number of rotatable bonds is 6. The van der Waals surface area contributed by atoms with Crippen LogP contribution in [0.3, 0.4) is 0 Å². The molecule has 1 aromatic carbocycles. The van der Waals surface area contributed by atoms with Crippen LogP contribution in [0.4, 0.5) is 5.69 Å². The van der Waals surface area contributed by atoms with Gasteiger partial charge in [0.25, 0.3) is 0 Å². The minimum absolute atomic E-state index is 0.0175. The normalized spacial score (nSPS) is 27.2. The van der Waals surface area contributed by atoms with E-state index in [4.69, 9.17) is 4.74 Å². The van der Waals surface area contributed by atoms with Gasteiger partial charge in [0.15, 0.2) is 0 Å².